The maximum Gasteiger partial charge on any atom is 0.296 e. The number of hydrogen-bond acceptors (Lipinski definition) is 4. The zero-order valence-corrected chi connectivity index (χ0v) is 10.5. The minimum Gasteiger partial charge on any atom is -0.385 e. The van der Waals surface area contributed by atoms with Gasteiger partial charge in [0.25, 0.3) is 11.7 Å². The highest BCUT2D eigenvalue weighted by atomic mass is 16.5. The van der Waals surface area contributed by atoms with Crippen molar-refractivity contribution in [2.24, 2.45) is 0 Å². The molecular weight excluding hydrogens is 232 g/mol. The number of fused-ring (bicyclic) bond motifs is 1. The maximum absolute atomic E-state index is 11.4. The largest absolute Gasteiger partial charge is 0.385 e. The van der Waals surface area contributed by atoms with Crippen molar-refractivity contribution in [3.63, 3.8) is 0 Å². The quantitative estimate of drug-likeness (QED) is 0.630. The maximum atomic E-state index is 11.4. The Morgan fingerprint density at radius 2 is 2.11 bits per heavy atom. The second-order valence-electron chi connectivity index (χ2n) is 4.28. The van der Waals surface area contributed by atoms with Gasteiger partial charge >= 0.3 is 0 Å². The van der Waals surface area contributed by atoms with Gasteiger partial charge in [0, 0.05) is 33.0 Å². The summed E-state index contributed by atoms with van der Waals surface area (Å²) in [6, 6.07) is 5.37. The van der Waals surface area contributed by atoms with Crippen LogP contribution in [0.25, 0.3) is 0 Å². The molecule has 0 spiro atoms. The standard InChI is InChI=1S/C13H16N2O3/c1-15(6-3-7-18-2)9-4-5-10-11(8-9)14-13(17)12(10)16/h4-5,8H,3,6-7H2,1-2H3,(H,14,16,17). The van der Waals surface area contributed by atoms with Gasteiger partial charge in [-0.3, -0.25) is 9.59 Å². The van der Waals surface area contributed by atoms with Crippen molar-refractivity contribution < 1.29 is 14.3 Å². The molecule has 0 bridgehead atoms. The average molecular weight is 248 g/mol. The van der Waals surface area contributed by atoms with E-state index < -0.39 is 11.7 Å². The number of ketones is 1. The fourth-order valence-electron chi connectivity index (χ4n) is 1.95. The fourth-order valence-corrected chi connectivity index (χ4v) is 1.95. The molecule has 1 aliphatic heterocycles. The highest BCUT2D eigenvalue weighted by molar-refractivity contribution is 6.51. The van der Waals surface area contributed by atoms with Crippen molar-refractivity contribution in [1.82, 2.24) is 0 Å². The molecular formula is C13H16N2O3. The second-order valence-corrected chi connectivity index (χ2v) is 4.28. The van der Waals surface area contributed by atoms with E-state index in [1.165, 1.54) is 0 Å². The first kappa shape index (κ1) is 12.6. The Hall–Kier alpha value is -1.88. The molecule has 0 aromatic heterocycles. The van der Waals surface area contributed by atoms with Crippen LogP contribution in [0.3, 0.4) is 0 Å². The van der Waals surface area contributed by atoms with E-state index in [9.17, 15) is 9.59 Å². The van der Waals surface area contributed by atoms with Crippen LogP contribution in [0.2, 0.25) is 0 Å². The number of nitrogens with zero attached hydrogens (tertiary/aromatic N) is 1. The number of carbonyl (C=O) groups excluding carboxylic acids is 2. The first-order valence-electron chi connectivity index (χ1n) is 5.83. The number of amides is 1. The van der Waals surface area contributed by atoms with Gasteiger partial charge in [0.2, 0.25) is 0 Å². The van der Waals surface area contributed by atoms with Crippen LogP contribution in [-0.2, 0) is 9.53 Å². The van der Waals surface area contributed by atoms with Gasteiger partial charge in [-0.25, -0.2) is 0 Å². The number of carbonyl (C=O) groups is 2. The Morgan fingerprint density at radius 3 is 2.83 bits per heavy atom. The molecule has 96 valence electrons. The van der Waals surface area contributed by atoms with Gasteiger partial charge in [0.15, 0.2) is 0 Å². The minimum absolute atomic E-state index is 0.453. The van der Waals surface area contributed by atoms with Crippen LogP contribution >= 0.6 is 0 Å². The lowest BCUT2D eigenvalue weighted by Crippen LogP contribution is -2.19. The van der Waals surface area contributed by atoms with Crippen molar-refractivity contribution in [3.05, 3.63) is 23.8 Å². The zero-order chi connectivity index (χ0) is 13.1. The third kappa shape index (κ3) is 2.36. The Kier molecular flexibility index (Phi) is 3.62. The van der Waals surface area contributed by atoms with E-state index in [1.54, 1.807) is 13.2 Å². The molecule has 5 heteroatoms. The third-order valence-electron chi connectivity index (χ3n) is 2.98. The molecule has 0 atom stereocenters. The molecule has 0 fully saturated rings. The number of anilines is 2. The van der Waals surface area contributed by atoms with Gasteiger partial charge in [-0.05, 0) is 24.6 Å². The van der Waals surface area contributed by atoms with Crippen molar-refractivity contribution in [2.75, 3.05) is 37.5 Å². The Bertz CT molecular complexity index is 485. The molecule has 1 aromatic carbocycles. The summed E-state index contributed by atoms with van der Waals surface area (Å²) in [6.07, 6.45) is 0.926. The van der Waals surface area contributed by atoms with E-state index in [-0.39, 0.29) is 0 Å². The van der Waals surface area contributed by atoms with Crippen molar-refractivity contribution in [2.45, 2.75) is 6.42 Å². The van der Waals surface area contributed by atoms with Crippen LogP contribution in [0.1, 0.15) is 16.8 Å². The lowest BCUT2D eigenvalue weighted by Gasteiger charge is -2.19. The molecule has 1 aliphatic rings. The molecule has 0 aliphatic carbocycles. The molecule has 5 nitrogen and oxygen atoms in total. The molecule has 1 heterocycles. The number of hydrogen-bond donors (Lipinski definition) is 1. The minimum atomic E-state index is -0.552. The monoisotopic (exact) mass is 248 g/mol. The molecule has 1 N–H and O–H groups in total. The van der Waals surface area contributed by atoms with E-state index >= 15 is 0 Å². The van der Waals surface area contributed by atoms with Gasteiger partial charge in [-0.2, -0.15) is 0 Å². The molecule has 2 rings (SSSR count). The van der Waals surface area contributed by atoms with Gasteiger partial charge in [-0.15, -0.1) is 0 Å². The van der Waals surface area contributed by atoms with Crippen LogP contribution < -0.4 is 10.2 Å². The van der Waals surface area contributed by atoms with Gasteiger partial charge < -0.3 is 15.0 Å². The molecule has 0 radical (unpaired) electrons. The predicted molar refractivity (Wildman–Crippen MR) is 69.2 cm³/mol. The van der Waals surface area contributed by atoms with Crippen LogP contribution in [0.5, 0.6) is 0 Å². The number of Topliss-reactive ketones (excluding diaryl/α,β-unsaturated/α-hetero) is 1. The van der Waals surface area contributed by atoms with Crippen LogP contribution in [0, 0.1) is 0 Å². The molecule has 1 aromatic rings. The number of methoxy groups -OCH3 is 1. The van der Waals surface area contributed by atoms with E-state index in [4.69, 9.17) is 4.74 Å². The van der Waals surface area contributed by atoms with E-state index in [1.807, 2.05) is 19.2 Å². The van der Waals surface area contributed by atoms with Crippen molar-refractivity contribution in [1.29, 1.82) is 0 Å². The second kappa shape index (κ2) is 5.18. The molecule has 0 saturated heterocycles. The lowest BCUT2D eigenvalue weighted by molar-refractivity contribution is -0.112. The van der Waals surface area contributed by atoms with E-state index in [0.29, 0.717) is 17.9 Å². The number of ether oxygens (including phenoxy) is 1. The topological polar surface area (TPSA) is 58.6 Å². The summed E-state index contributed by atoms with van der Waals surface area (Å²) in [4.78, 5) is 24.7. The van der Waals surface area contributed by atoms with Crippen molar-refractivity contribution >= 4 is 23.1 Å². The highest BCUT2D eigenvalue weighted by Gasteiger charge is 2.27. The first-order chi connectivity index (χ1) is 8.63. The van der Waals surface area contributed by atoms with E-state index in [0.717, 1.165) is 18.7 Å². The molecule has 0 unspecified atom stereocenters. The summed E-state index contributed by atoms with van der Waals surface area (Å²) in [7, 11) is 3.65. The number of rotatable bonds is 5. The third-order valence-corrected chi connectivity index (χ3v) is 2.98. The average Bonchev–Trinajstić information content (AvgIpc) is 2.65. The van der Waals surface area contributed by atoms with Gasteiger partial charge in [0.1, 0.15) is 0 Å². The SMILES string of the molecule is COCCCN(C)c1ccc2c(c1)NC(=O)C2=O. The van der Waals surface area contributed by atoms with Crippen LogP contribution in [0.15, 0.2) is 18.2 Å². The van der Waals surface area contributed by atoms with Gasteiger partial charge in [-0.1, -0.05) is 0 Å². The summed E-state index contributed by atoms with van der Waals surface area (Å²) < 4.78 is 5.00. The molecule has 0 saturated carbocycles. The predicted octanol–water partition coefficient (Wildman–Crippen LogP) is 1.29. The number of benzene rings is 1. The Labute approximate surface area is 106 Å². The first-order valence-corrected chi connectivity index (χ1v) is 5.83. The summed E-state index contributed by atoms with van der Waals surface area (Å²) in [5.41, 5.74) is 2.02. The highest BCUT2D eigenvalue weighted by Crippen LogP contribution is 2.27. The zero-order valence-electron chi connectivity index (χ0n) is 10.5. The van der Waals surface area contributed by atoms with E-state index in [2.05, 4.69) is 10.2 Å². The lowest BCUT2D eigenvalue weighted by atomic mass is 10.1. The fraction of sp³-hybridized carbons (Fsp3) is 0.385. The van der Waals surface area contributed by atoms with Crippen LogP contribution in [0.4, 0.5) is 11.4 Å². The summed E-state index contributed by atoms with van der Waals surface area (Å²) in [6.45, 7) is 1.57. The Balaban J connectivity index is 2.10. The normalized spacial score (nSPS) is 13.4. The summed E-state index contributed by atoms with van der Waals surface area (Å²) in [5.74, 6) is -1.01. The smallest absolute Gasteiger partial charge is 0.296 e. The number of nitrogens with one attached hydrogen (secondary N) is 1. The Morgan fingerprint density at radius 1 is 1.33 bits per heavy atom. The summed E-state index contributed by atoms with van der Waals surface area (Å²) >= 11 is 0. The van der Waals surface area contributed by atoms with Crippen molar-refractivity contribution in [3.8, 4) is 0 Å². The summed E-state index contributed by atoms with van der Waals surface area (Å²) in [5, 5.41) is 2.57. The van der Waals surface area contributed by atoms with Crippen LogP contribution in [-0.4, -0.2) is 39.0 Å². The molecule has 1 amide bonds. The molecule has 18 heavy (non-hydrogen) atoms. The van der Waals surface area contributed by atoms with Gasteiger partial charge in [0.05, 0.1) is 11.3 Å².